The molecule has 0 N–H and O–H groups in total. The summed E-state index contributed by atoms with van der Waals surface area (Å²) >= 11 is 0. The van der Waals surface area contributed by atoms with Crippen LogP contribution in [0.5, 0.6) is 0 Å². The molecule has 2 nitrogen and oxygen atoms in total. The van der Waals surface area contributed by atoms with Crippen LogP contribution in [-0.2, 0) is 9.59 Å². The van der Waals surface area contributed by atoms with Crippen LogP contribution in [0.2, 0.25) is 0 Å². The van der Waals surface area contributed by atoms with E-state index in [0.29, 0.717) is 24.0 Å². The lowest BCUT2D eigenvalue weighted by molar-refractivity contribution is -0.115. The van der Waals surface area contributed by atoms with Crippen LogP contribution in [0.15, 0.2) is 17.7 Å². The molecular weight excluding hydrogens is 140 g/mol. The minimum absolute atomic E-state index is 0.0135. The lowest BCUT2D eigenvalue weighted by Gasteiger charge is -1.96. The quantitative estimate of drug-likeness (QED) is 0.453. The van der Waals surface area contributed by atoms with Gasteiger partial charge in [0.05, 0.1) is 0 Å². The molecule has 0 saturated carbocycles. The third-order valence-electron chi connectivity index (χ3n) is 1.38. The SMILES string of the molecule is C=C(C)C(=O)CCC(C)=C=O. The maximum Gasteiger partial charge on any atom is 0.158 e. The molecule has 0 aliphatic carbocycles. The number of rotatable bonds is 4. The van der Waals surface area contributed by atoms with Gasteiger partial charge in [-0.05, 0) is 25.8 Å². The molecule has 0 aromatic carbocycles. The first-order valence-corrected chi connectivity index (χ1v) is 3.47. The number of allylic oxidation sites excluding steroid dienone is 2. The van der Waals surface area contributed by atoms with Gasteiger partial charge in [-0.1, -0.05) is 6.58 Å². The number of ketones is 1. The summed E-state index contributed by atoms with van der Waals surface area (Å²) in [5.41, 5.74) is 1.13. The highest BCUT2D eigenvalue weighted by Crippen LogP contribution is 2.04. The fourth-order valence-electron chi connectivity index (χ4n) is 0.565. The molecule has 0 aliphatic heterocycles. The first kappa shape index (κ1) is 9.86. The van der Waals surface area contributed by atoms with Crippen LogP contribution in [0.25, 0.3) is 0 Å². The van der Waals surface area contributed by atoms with Gasteiger partial charge in [-0.15, -0.1) is 0 Å². The third kappa shape index (κ3) is 4.29. The van der Waals surface area contributed by atoms with Gasteiger partial charge in [-0.3, -0.25) is 4.79 Å². The summed E-state index contributed by atoms with van der Waals surface area (Å²) < 4.78 is 0. The Balaban J connectivity index is 3.81. The molecule has 0 saturated heterocycles. The lowest BCUT2D eigenvalue weighted by atomic mass is 10.1. The Labute approximate surface area is 66.6 Å². The molecule has 0 atom stereocenters. The summed E-state index contributed by atoms with van der Waals surface area (Å²) in [6, 6.07) is 0. The van der Waals surface area contributed by atoms with E-state index < -0.39 is 0 Å². The van der Waals surface area contributed by atoms with Crippen LogP contribution in [0.3, 0.4) is 0 Å². The van der Waals surface area contributed by atoms with Gasteiger partial charge in [0.25, 0.3) is 0 Å². The van der Waals surface area contributed by atoms with Crippen molar-refractivity contribution in [1.82, 2.24) is 0 Å². The van der Waals surface area contributed by atoms with E-state index in [1.165, 1.54) is 0 Å². The highest BCUT2D eigenvalue weighted by molar-refractivity contribution is 5.94. The van der Waals surface area contributed by atoms with Crippen molar-refractivity contribution in [3.63, 3.8) is 0 Å². The zero-order valence-corrected chi connectivity index (χ0v) is 6.94. The molecular formula is C9H12O2. The summed E-state index contributed by atoms with van der Waals surface area (Å²) in [5, 5.41) is 0. The van der Waals surface area contributed by atoms with E-state index >= 15 is 0 Å². The van der Waals surface area contributed by atoms with Crippen molar-refractivity contribution in [3.8, 4) is 0 Å². The van der Waals surface area contributed by atoms with Crippen LogP contribution >= 0.6 is 0 Å². The van der Waals surface area contributed by atoms with Crippen LogP contribution in [0, 0.1) is 0 Å². The van der Waals surface area contributed by atoms with Gasteiger partial charge in [0.15, 0.2) is 5.78 Å². The summed E-state index contributed by atoms with van der Waals surface area (Å²) in [7, 11) is 0. The van der Waals surface area contributed by atoms with Crippen molar-refractivity contribution in [3.05, 3.63) is 17.7 Å². The molecule has 0 fully saturated rings. The Bertz CT molecular complexity index is 220. The average molecular weight is 152 g/mol. The summed E-state index contributed by atoms with van der Waals surface area (Å²) in [4.78, 5) is 20.9. The second-order valence-electron chi connectivity index (χ2n) is 2.59. The molecule has 0 heterocycles. The van der Waals surface area contributed by atoms with Crippen molar-refractivity contribution < 1.29 is 9.59 Å². The van der Waals surface area contributed by atoms with Crippen LogP contribution in [0.4, 0.5) is 0 Å². The van der Waals surface area contributed by atoms with Crippen LogP contribution in [0.1, 0.15) is 26.7 Å². The smallest absolute Gasteiger partial charge is 0.158 e. The van der Waals surface area contributed by atoms with E-state index in [1.54, 1.807) is 19.8 Å². The predicted octanol–water partition coefficient (Wildman–Crippen LogP) is 1.69. The molecule has 0 spiro atoms. The zero-order chi connectivity index (χ0) is 8.85. The van der Waals surface area contributed by atoms with Crippen molar-refractivity contribution in [1.29, 1.82) is 0 Å². The summed E-state index contributed by atoms with van der Waals surface area (Å²) in [6.07, 6.45) is 0.867. The van der Waals surface area contributed by atoms with Gasteiger partial charge in [-0.2, -0.15) is 0 Å². The Morgan fingerprint density at radius 2 is 1.91 bits per heavy atom. The maximum absolute atomic E-state index is 10.9. The highest BCUT2D eigenvalue weighted by Gasteiger charge is 2.01. The molecule has 0 aromatic heterocycles. The Kier molecular flexibility index (Phi) is 4.16. The van der Waals surface area contributed by atoms with Crippen molar-refractivity contribution >= 4 is 11.7 Å². The van der Waals surface area contributed by atoms with Crippen LogP contribution < -0.4 is 0 Å². The fraction of sp³-hybridized carbons (Fsp3) is 0.444. The van der Waals surface area contributed by atoms with E-state index in [2.05, 4.69) is 6.58 Å². The average Bonchev–Trinajstić information content (AvgIpc) is 1.99. The maximum atomic E-state index is 10.9. The number of carbonyl (C=O) groups excluding carboxylic acids is 2. The minimum atomic E-state index is 0.0135. The first-order valence-electron chi connectivity index (χ1n) is 3.47. The van der Waals surface area contributed by atoms with Gasteiger partial charge in [0.1, 0.15) is 5.94 Å². The Morgan fingerprint density at radius 1 is 1.36 bits per heavy atom. The molecule has 0 radical (unpaired) electrons. The second-order valence-corrected chi connectivity index (χ2v) is 2.59. The van der Waals surface area contributed by atoms with E-state index in [0.717, 1.165) is 0 Å². The van der Waals surface area contributed by atoms with E-state index in [4.69, 9.17) is 0 Å². The van der Waals surface area contributed by atoms with Crippen molar-refractivity contribution in [2.75, 3.05) is 0 Å². The molecule has 0 bridgehead atoms. The topological polar surface area (TPSA) is 34.1 Å². The monoisotopic (exact) mass is 152 g/mol. The van der Waals surface area contributed by atoms with E-state index in [1.807, 2.05) is 0 Å². The first-order chi connectivity index (χ1) is 5.07. The highest BCUT2D eigenvalue weighted by atomic mass is 16.1. The summed E-state index contributed by atoms with van der Waals surface area (Å²) in [5.74, 6) is 1.76. The van der Waals surface area contributed by atoms with Crippen molar-refractivity contribution in [2.24, 2.45) is 0 Å². The number of carbonyl (C=O) groups is 1. The van der Waals surface area contributed by atoms with Crippen LogP contribution in [-0.4, -0.2) is 11.7 Å². The van der Waals surface area contributed by atoms with Gasteiger partial charge in [-0.25, -0.2) is 4.79 Å². The number of hydrogen-bond acceptors (Lipinski definition) is 2. The molecule has 0 unspecified atom stereocenters. The lowest BCUT2D eigenvalue weighted by Crippen LogP contribution is -1.98. The zero-order valence-electron chi connectivity index (χ0n) is 6.94. The molecule has 60 valence electrons. The Morgan fingerprint density at radius 3 is 2.27 bits per heavy atom. The molecule has 11 heavy (non-hydrogen) atoms. The predicted molar refractivity (Wildman–Crippen MR) is 43.9 cm³/mol. The number of hydrogen-bond donors (Lipinski definition) is 0. The number of Topliss-reactive ketones (excluding diaryl/α,β-unsaturated/α-hetero) is 1. The minimum Gasteiger partial charge on any atom is -0.295 e. The summed E-state index contributed by atoms with van der Waals surface area (Å²) in [6.45, 7) is 6.84. The van der Waals surface area contributed by atoms with E-state index in [9.17, 15) is 9.59 Å². The van der Waals surface area contributed by atoms with Gasteiger partial charge >= 0.3 is 0 Å². The van der Waals surface area contributed by atoms with Gasteiger partial charge in [0.2, 0.25) is 0 Å². The second kappa shape index (κ2) is 4.64. The largest absolute Gasteiger partial charge is 0.295 e. The third-order valence-corrected chi connectivity index (χ3v) is 1.38. The normalized spacial score (nSPS) is 8.55. The molecule has 0 aromatic rings. The molecule has 0 rings (SSSR count). The van der Waals surface area contributed by atoms with Gasteiger partial charge < -0.3 is 0 Å². The molecule has 0 amide bonds. The van der Waals surface area contributed by atoms with E-state index in [-0.39, 0.29) is 5.78 Å². The fourth-order valence-corrected chi connectivity index (χ4v) is 0.565. The van der Waals surface area contributed by atoms with Crippen molar-refractivity contribution in [2.45, 2.75) is 26.7 Å². The van der Waals surface area contributed by atoms with Gasteiger partial charge in [0, 0.05) is 12.0 Å². The standard InChI is InChI=1S/C9H12O2/c1-7(2)9(11)5-4-8(3)6-10/h1,4-5H2,2-3H3. The Hall–Kier alpha value is -1.14. The molecule has 2 heteroatoms. The molecule has 0 aliphatic rings.